The number of nitrogens with two attached hydrogens (primary N) is 1. The first-order valence-electron chi connectivity index (χ1n) is 4.90. The van der Waals surface area contributed by atoms with Crippen LogP contribution in [0.2, 0.25) is 5.02 Å². The van der Waals surface area contributed by atoms with Crippen LogP contribution in [0.15, 0.2) is 36.4 Å². The Morgan fingerprint density at radius 2 is 1.65 bits per heavy atom. The summed E-state index contributed by atoms with van der Waals surface area (Å²) < 4.78 is 37.9. The first kappa shape index (κ1) is 12.2. The van der Waals surface area contributed by atoms with Gasteiger partial charge in [0.2, 0.25) is 0 Å². The molecule has 0 saturated carbocycles. The molecule has 0 saturated heterocycles. The first-order chi connectivity index (χ1) is 7.91. The van der Waals surface area contributed by atoms with Gasteiger partial charge >= 0.3 is 6.18 Å². The third-order valence-electron chi connectivity index (χ3n) is 2.57. The van der Waals surface area contributed by atoms with E-state index in [0.29, 0.717) is 10.8 Å². The molecule has 0 spiro atoms. The van der Waals surface area contributed by atoms with E-state index in [9.17, 15) is 13.2 Å². The molecule has 0 heterocycles. The molecule has 1 nitrogen and oxygen atoms in total. The molecule has 0 aliphatic rings. The zero-order valence-corrected chi connectivity index (χ0v) is 9.39. The molecule has 0 amide bonds. The SMILES string of the molecule is N[C@@H](c1cccc2cccc(Cl)c12)C(F)(F)F. The van der Waals surface area contributed by atoms with E-state index < -0.39 is 12.2 Å². The molecule has 2 aromatic rings. The van der Waals surface area contributed by atoms with Crippen LogP contribution in [0.4, 0.5) is 13.2 Å². The fourth-order valence-electron chi connectivity index (χ4n) is 1.76. The minimum absolute atomic E-state index is 0.000556. The summed E-state index contributed by atoms with van der Waals surface area (Å²) in [6, 6.07) is 7.52. The number of rotatable bonds is 1. The second kappa shape index (κ2) is 4.20. The molecule has 0 bridgehead atoms. The summed E-state index contributed by atoms with van der Waals surface area (Å²) >= 11 is 5.93. The zero-order valence-electron chi connectivity index (χ0n) is 8.63. The highest BCUT2D eigenvalue weighted by Gasteiger charge is 2.38. The van der Waals surface area contributed by atoms with Crippen LogP contribution in [0.3, 0.4) is 0 Å². The zero-order chi connectivity index (χ0) is 12.6. The Labute approximate surface area is 101 Å². The highest BCUT2D eigenvalue weighted by atomic mass is 35.5. The molecule has 2 N–H and O–H groups in total. The van der Waals surface area contributed by atoms with E-state index in [-0.39, 0.29) is 10.6 Å². The number of fused-ring (bicyclic) bond motifs is 1. The van der Waals surface area contributed by atoms with Gasteiger partial charge in [-0.3, -0.25) is 0 Å². The number of halogens is 4. The van der Waals surface area contributed by atoms with E-state index in [4.69, 9.17) is 17.3 Å². The quantitative estimate of drug-likeness (QED) is 0.821. The van der Waals surface area contributed by atoms with Crippen molar-refractivity contribution in [3.63, 3.8) is 0 Å². The molecule has 2 aromatic carbocycles. The predicted molar refractivity (Wildman–Crippen MR) is 61.9 cm³/mol. The Kier molecular flexibility index (Phi) is 3.02. The van der Waals surface area contributed by atoms with Crippen LogP contribution in [0.5, 0.6) is 0 Å². The molecule has 2 rings (SSSR count). The molecule has 0 radical (unpaired) electrons. The van der Waals surface area contributed by atoms with Gasteiger partial charge in [0.1, 0.15) is 6.04 Å². The van der Waals surface area contributed by atoms with Gasteiger partial charge in [0.05, 0.1) is 0 Å². The normalized spacial score (nSPS) is 13.9. The van der Waals surface area contributed by atoms with E-state index in [1.807, 2.05) is 0 Å². The van der Waals surface area contributed by atoms with E-state index in [1.54, 1.807) is 30.3 Å². The van der Waals surface area contributed by atoms with Gasteiger partial charge < -0.3 is 5.73 Å². The van der Waals surface area contributed by atoms with E-state index >= 15 is 0 Å². The lowest BCUT2D eigenvalue weighted by atomic mass is 9.99. The summed E-state index contributed by atoms with van der Waals surface area (Å²) in [5.41, 5.74) is 5.22. The molecule has 0 fully saturated rings. The van der Waals surface area contributed by atoms with E-state index in [1.165, 1.54) is 6.07 Å². The Hall–Kier alpha value is -1.26. The molecule has 0 aliphatic carbocycles. The van der Waals surface area contributed by atoms with Crippen molar-refractivity contribution in [3.8, 4) is 0 Å². The standard InChI is InChI=1S/C12H9ClF3N/c13-9-6-2-4-7-3-1-5-8(10(7)9)11(17)12(14,15)16/h1-6,11H,17H2/t11-/m0/s1. The van der Waals surface area contributed by atoms with Gasteiger partial charge in [-0.15, -0.1) is 0 Å². The van der Waals surface area contributed by atoms with Crippen molar-refractivity contribution in [2.75, 3.05) is 0 Å². The second-order valence-corrected chi connectivity index (χ2v) is 4.11. The van der Waals surface area contributed by atoms with Crippen LogP contribution in [0.25, 0.3) is 10.8 Å². The topological polar surface area (TPSA) is 26.0 Å². The second-order valence-electron chi connectivity index (χ2n) is 3.70. The van der Waals surface area contributed by atoms with Crippen molar-refractivity contribution in [3.05, 3.63) is 47.0 Å². The van der Waals surface area contributed by atoms with Gasteiger partial charge in [-0.2, -0.15) is 13.2 Å². The summed E-state index contributed by atoms with van der Waals surface area (Å²) in [5.74, 6) is 0. The Morgan fingerprint density at radius 1 is 1.06 bits per heavy atom. The molecule has 90 valence electrons. The molecule has 1 atom stereocenters. The Balaban J connectivity index is 2.70. The maximum atomic E-state index is 12.6. The smallest absolute Gasteiger partial charge is 0.316 e. The van der Waals surface area contributed by atoms with Crippen molar-refractivity contribution < 1.29 is 13.2 Å². The minimum Gasteiger partial charge on any atom is -0.316 e. The van der Waals surface area contributed by atoms with Crippen LogP contribution in [-0.2, 0) is 0 Å². The lowest BCUT2D eigenvalue weighted by Gasteiger charge is -2.18. The lowest BCUT2D eigenvalue weighted by Crippen LogP contribution is -2.28. The molecule has 0 aliphatic heterocycles. The lowest BCUT2D eigenvalue weighted by molar-refractivity contribution is -0.148. The summed E-state index contributed by atoms with van der Waals surface area (Å²) in [4.78, 5) is 0. The van der Waals surface area contributed by atoms with Crippen LogP contribution in [0, 0.1) is 0 Å². The number of hydrogen-bond donors (Lipinski definition) is 1. The van der Waals surface area contributed by atoms with Gasteiger partial charge in [0.15, 0.2) is 0 Å². The molecule has 17 heavy (non-hydrogen) atoms. The largest absolute Gasteiger partial charge is 0.407 e. The van der Waals surface area contributed by atoms with Crippen LogP contribution in [-0.4, -0.2) is 6.18 Å². The monoisotopic (exact) mass is 259 g/mol. The Bertz CT molecular complexity index is 546. The van der Waals surface area contributed by atoms with Gasteiger partial charge in [0.25, 0.3) is 0 Å². The molecule has 0 aromatic heterocycles. The maximum Gasteiger partial charge on any atom is 0.407 e. The van der Waals surface area contributed by atoms with Gasteiger partial charge in [0, 0.05) is 10.4 Å². The first-order valence-corrected chi connectivity index (χ1v) is 5.28. The van der Waals surface area contributed by atoms with Crippen molar-refractivity contribution in [1.82, 2.24) is 0 Å². The molecular weight excluding hydrogens is 251 g/mol. The predicted octanol–water partition coefficient (Wildman–Crippen LogP) is 4.06. The molecule has 0 unspecified atom stereocenters. The number of benzene rings is 2. The van der Waals surface area contributed by atoms with E-state index in [2.05, 4.69) is 0 Å². The van der Waals surface area contributed by atoms with Gasteiger partial charge in [-0.05, 0) is 17.0 Å². The number of hydrogen-bond acceptors (Lipinski definition) is 1. The van der Waals surface area contributed by atoms with Crippen LogP contribution in [0.1, 0.15) is 11.6 Å². The highest BCUT2D eigenvalue weighted by molar-refractivity contribution is 6.35. The third-order valence-corrected chi connectivity index (χ3v) is 2.89. The van der Waals surface area contributed by atoms with Crippen molar-refractivity contribution in [1.29, 1.82) is 0 Å². The summed E-state index contributed by atoms with van der Waals surface area (Å²) in [5, 5.41) is 1.29. The highest BCUT2D eigenvalue weighted by Crippen LogP contribution is 2.36. The van der Waals surface area contributed by atoms with Crippen LogP contribution >= 0.6 is 11.6 Å². The van der Waals surface area contributed by atoms with Crippen molar-refractivity contribution in [2.45, 2.75) is 12.2 Å². The fourth-order valence-corrected chi connectivity index (χ4v) is 2.05. The van der Waals surface area contributed by atoms with Crippen molar-refractivity contribution in [2.24, 2.45) is 5.73 Å². The molecule has 5 heteroatoms. The van der Waals surface area contributed by atoms with Crippen LogP contribution < -0.4 is 5.73 Å². The van der Waals surface area contributed by atoms with Crippen molar-refractivity contribution >= 4 is 22.4 Å². The average Bonchev–Trinajstić information content (AvgIpc) is 2.26. The summed E-state index contributed by atoms with van der Waals surface area (Å²) in [6.07, 6.45) is -4.48. The van der Waals surface area contributed by atoms with Gasteiger partial charge in [-0.1, -0.05) is 41.9 Å². The number of alkyl halides is 3. The summed E-state index contributed by atoms with van der Waals surface area (Å²) in [7, 11) is 0. The Morgan fingerprint density at radius 3 is 2.24 bits per heavy atom. The minimum atomic E-state index is -4.48. The summed E-state index contributed by atoms with van der Waals surface area (Å²) in [6.45, 7) is 0. The van der Waals surface area contributed by atoms with E-state index in [0.717, 1.165) is 0 Å². The third kappa shape index (κ3) is 2.23. The fraction of sp³-hybridized carbons (Fsp3) is 0.167. The van der Waals surface area contributed by atoms with Gasteiger partial charge in [-0.25, -0.2) is 0 Å². The molecular formula is C12H9ClF3N. The maximum absolute atomic E-state index is 12.6. The average molecular weight is 260 g/mol.